The SMILES string of the molecule is C[C@@H]1CCCC[C@@H]1NC(=S)Nc1ccc2nc(N3CCOCC3)sc2c1. The highest BCUT2D eigenvalue weighted by Crippen LogP contribution is 2.31. The lowest BCUT2D eigenvalue weighted by molar-refractivity contribution is 0.122. The molecule has 2 aliphatic rings. The predicted molar refractivity (Wildman–Crippen MR) is 113 cm³/mol. The number of hydrogen-bond acceptors (Lipinski definition) is 5. The Bertz CT molecular complexity index is 772. The minimum atomic E-state index is 0.490. The van der Waals surface area contributed by atoms with E-state index >= 15 is 0 Å². The molecule has 5 nitrogen and oxygen atoms in total. The van der Waals surface area contributed by atoms with E-state index in [2.05, 4.69) is 40.7 Å². The number of nitrogens with one attached hydrogen (secondary N) is 2. The summed E-state index contributed by atoms with van der Waals surface area (Å²) >= 11 is 7.28. The Kier molecular flexibility index (Phi) is 5.57. The van der Waals surface area contributed by atoms with Crippen molar-refractivity contribution in [1.29, 1.82) is 0 Å². The molecule has 0 spiro atoms. The van der Waals surface area contributed by atoms with Gasteiger partial charge in [0.25, 0.3) is 0 Å². The van der Waals surface area contributed by atoms with E-state index in [9.17, 15) is 0 Å². The van der Waals surface area contributed by atoms with E-state index < -0.39 is 0 Å². The highest BCUT2D eigenvalue weighted by atomic mass is 32.1. The number of thiocarbonyl (C=S) groups is 1. The van der Waals surface area contributed by atoms with Crippen molar-refractivity contribution in [2.24, 2.45) is 5.92 Å². The molecule has 2 fully saturated rings. The van der Waals surface area contributed by atoms with E-state index in [1.807, 2.05) is 0 Å². The summed E-state index contributed by atoms with van der Waals surface area (Å²) in [6, 6.07) is 6.77. The summed E-state index contributed by atoms with van der Waals surface area (Å²) in [5, 5.41) is 8.67. The van der Waals surface area contributed by atoms with Crippen molar-refractivity contribution in [3.8, 4) is 0 Å². The van der Waals surface area contributed by atoms with Gasteiger partial charge in [0.1, 0.15) is 0 Å². The molecule has 4 rings (SSSR count). The van der Waals surface area contributed by atoms with Crippen molar-refractivity contribution in [2.45, 2.75) is 38.6 Å². The summed E-state index contributed by atoms with van der Waals surface area (Å²) in [5.41, 5.74) is 2.07. The first-order chi connectivity index (χ1) is 12.7. The minimum Gasteiger partial charge on any atom is -0.378 e. The van der Waals surface area contributed by atoms with Crippen LogP contribution in [0.2, 0.25) is 0 Å². The molecule has 1 saturated carbocycles. The Labute approximate surface area is 164 Å². The van der Waals surface area contributed by atoms with Gasteiger partial charge < -0.3 is 20.3 Å². The molecule has 0 unspecified atom stereocenters. The first-order valence-corrected chi connectivity index (χ1v) is 10.7. The molecule has 0 amide bonds. The van der Waals surface area contributed by atoms with E-state index in [0.717, 1.165) is 47.8 Å². The standard InChI is InChI=1S/C19H26N4OS2/c1-13-4-2-3-5-15(13)21-18(25)20-14-6-7-16-17(12-14)26-19(22-16)23-8-10-24-11-9-23/h6-7,12-13,15H,2-5,8-11H2,1H3,(H2,20,21,25)/t13-,15+/m1/s1. The fraction of sp³-hybridized carbons (Fsp3) is 0.579. The second kappa shape index (κ2) is 8.06. The first-order valence-electron chi connectivity index (χ1n) is 9.50. The number of fused-ring (bicyclic) bond motifs is 1. The monoisotopic (exact) mass is 390 g/mol. The van der Waals surface area contributed by atoms with Gasteiger partial charge in [0.15, 0.2) is 10.2 Å². The summed E-state index contributed by atoms with van der Waals surface area (Å²) in [4.78, 5) is 7.08. The average molecular weight is 391 g/mol. The maximum Gasteiger partial charge on any atom is 0.186 e. The molecule has 26 heavy (non-hydrogen) atoms. The molecule has 1 saturated heterocycles. The molecule has 2 atom stereocenters. The molecule has 1 aromatic heterocycles. The highest BCUT2D eigenvalue weighted by Gasteiger charge is 2.21. The van der Waals surface area contributed by atoms with Gasteiger partial charge in [0.05, 0.1) is 23.4 Å². The zero-order valence-corrected chi connectivity index (χ0v) is 16.8. The molecular weight excluding hydrogens is 364 g/mol. The van der Waals surface area contributed by atoms with Crippen LogP contribution in [0.25, 0.3) is 10.2 Å². The van der Waals surface area contributed by atoms with Crippen LogP contribution in [0.15, 0.2) is 18.2 Å². The van der Waals surface area contributed by atoms with Crippen LogP contribution >= 0.6 is 23.6 Å². The molecule has 7 heteroatoms. The van der Waals surface area contributed by atoms with Crippen molar-refractivity contribution >= 4 is 49.7 Å². The molecule has 2 N–H and O–H groups in total. The van der Waals surface area contributed by atoms with Crippen LogP contribution in [-0.4, -0.2) is 42.4 Å². The third-order valence-corrected chi connectivity index (χ3v) is 6.64. The zero-order valence-electron chi connectivity index (χ0n) is 15.2. The lowest BCUT2D eigenvalue weighted by Crippen LogP contribution is -2.43. The van der Waals surface area contributed by atoms with Crippen LogP contribution in [0, 0.1) is 5.92 Å². The Morgan fingerprint density at radius 3 is 2.88 bits per heavy atom. The highest BCUT2D eigenvalue weighted by molar-refractivity contribution is 7.80. The Morgan fingerprint density at radius 1 is 1.27 bits per heavy atom. The van der Waals surface area contributed by atoms with E-state index in [1.54, 1.807) is 11.3 Å². The fourth-order valence-electron chi connectivity index (χ4n) is 3.75. The lowest BCUT2D eigenvalue weighted by atomic mass is 9.86. The van der Waals surface area contributed by atoms with Crippen LogP contribution in [0.1, 0.15) is 32.6 Å². The average Bonchev–Trinajstić information content (AvgIpc) is 3.08. The summed E-state index contributed by atoms with van der Waals surface area (Å²) in [7, 11) is 0. The van der Waals surface area contributed by atoms with Crippen LogP contribution in [0.3, 0.4) is 0 Å². The summed E-state index contributed by atoms with van der Waals surface area (Å²) in [6.07, 6.45) is 5.13. The maximum atomic E-state index is 5.54. The number of anilines is 2. The quantitative estimate of drug-likeness (QED) is 0.773. The van der Waals surface area contributed by atoms with Crippen molar-refractivity contribution in [3.63, 3.8) is 0 Å². The van der Waals surface area contributed by atoms with Crippen molar-refractivity contribution in [3.05, 3.63) is 18.2 Å². The smallest absolute Gasteiger partial charge is 0.186 e. The molecule has 2 heterocycles. The van der Waals surface area contributed by atoms with E-state index in [1.165, 1.54) is 30.4 Å². The van der Waals surface area contributed by atoms with E-state index in [4.69, 9.17) is 21.9 Å². The number of rotatable bonds is 3. The number of aromatic nitrogens is 1. The largest absolute Gasteiger partial charge is 0.378 e. The first kappa shape index (κ1) is 17.9. The molecular formula is C19H26N4OS2. The van der Waals surface area contributed by atoms with Gasteiger partial charge in [-0.1, -0.05) is 31.1 Å². The summed E-state index contributed by atoms with van der Waals surface area (Å²) in [5.74, 6) is 0.684. The molecule has 0 radical (unpaired) electrons. The molecule has 1 aliphatic carbocycles. The Balaban J connectivity index is 1.42. The number of benzene rings is 1. The van der Waals surface area contributed by atoms with Gasteiger partial charge >= 0.3 is 0 Å². The number of morpholine rings is 1. The zero-order chi connectivity index (χ0) is 17.9. The molecule has 1 aliphatic heterocycles. The minimum absolute atomic E-state index is 0.490. The van der Waals surface area contributed by atoms with Gasteiger partial charge in [-0.05, 0) is 49.2 Å². The van der Waals surface area contributed by atoms with Gasteiger partial charge in [0, 0.05) is 24.8 Å². The topological polar surface area (TPSA) is 49.4 Å². The molecule has 140 valence electrons. The third kappa shape index (κ3) is 4.10. The lowest BCUT2D eigenvalue weighted by Gasteiger charge is -2.30. The van der Waals surface area contributed by atoms with E-state index in [0.29, 0.717) is 12.0 Å². The van der Waals surface area contributed by atoms with Crippen LogP contribution < -0.4 is 15.5 Å². The Morgan fingerprint density at radius 2 is 2.08 bits per heavy atom. The van der Waals surface area contributed by atoms with E-state index in [-0.39, 0.29) is 0 Å². The van der Waals surface area contributed by atoms with Crippen molar-refractivity contribution in [1.82, 2.24) is 10.3 Å². The van der Waals surface area contributed by atoms with Crippen molar-refractivity contribution in [2.75, 3.05) is 36.5 Å². The second-order valence-corrected chi connectivity index (χ2v) is 8.66. The van der Waals surface area contributed by atoms with Gasteiger partial charge in [0.2, 0.25) is 0 Å². The second-order valence-electron chi connectivity index (χ2n) is 7.25. The number of ether oxygens (including phenoxy) is 1. The summed E-state index contributed by atoms with van der Waals surface area (Å²) < 4.78 is 6.62. The maximum absolute atomic E-state index is 5.54. The van der Waals surface area contributed by atoms with Gasteiger partial charge in [-0.25, -0.2) is 4.98 Å². The van der Waals surface area contributed by atoms with Crippen LogP contribution in [0.5, 0.6) is 0 Å². The molecule has 1 aromatic carbocycles. The molecule has 0 bridgehead atoms. The number of nitrogens with zero attached hydrogens (tertiary/aromatic N) is 2. The number of thiazole rings is 1. The normalized spacial score (nSPS) is 23.8. The fourth-order valence-corrected chi connectivity index (χ4v) is 5.07. The third-order valence-electron chi connectivity index (χ3n) is 5.34. The van der Waals surface area contributed by atoms with Crippen molar-refractivity contribution < 1.29 is 4.74 Å². The molecule has 2 aromatic rings. The number of hydrogen-bond donors (Lipinski definition) is 2. The van der Waals surface area contributed by atoms with Gasteiger partial charge in [-0.3, -0.25) is 0 Å². The van der Waals surface area contributed by atoms with Gasteiger partial charge in [-0.2, -0.15) is 0 Å². The van der Waals surface area contributed by atoms with Gasteiger partial charge in [-0.15, -0.1) is 0 Å². The Hall–Kier alpha value is -1.44. The van der Waals surface area contributed by atoms with Crippen LogP contribution in [-0.2, 0) is 4.74 Å². The summed E-state index contributed by atoms with van der Waals surface area (Å²) in [6.45, 7) is 5.71. The predicted octanol–water partition coefficient (Wildman–Crippen LogP) is 4.00. The van der Waals surface area contributed by atoms with Crippen LogP contribution in [0.4, 0.5) is 10.8 Å².